The summed E-state index contributed by atoms with van der Waals surface area (Å²) in [5, 5.41) is 2.82. The van der Waals surface area contributed by atoms with E-state index in [1.807, 2.05) is 48.5 Å². The normalized spacial score (nSPS) is 14.6. The third kappa shape index (κ3) is 5.69. The number of thiocarbonyl (C=S) groups is 1. The second-order valence-corrected chi connectivity index (χ2v) is 9.02. The Morgan fingerprint density at radius 1 is 1.00 bits per heavy atom. The molecule has 5 nitrogen and oxygen atoms in total. The van der Waals surface area contributed by atoms with E-state index in [-0.39, 0.29) is 24.8 Å². The van der Waals surface area contributed by atoms with Crippen molar-refractivity contribution in [2.24, 2.45) is 0 Å². The number of benzene rings is 3. The second kappa shape index (κ2) is 10.5. The van der Waals surface area contributed by atoms with Crippen molar-refractivity contribution in [2.75, 3.05) is 19.0 Å². The third-order valence-electron chi connectivity index (χ3n) is 5.13. The molecule has 0 aliphatic carbocycles. The first-order chi connectivity index (χ1) is 16.0. The van der Waals surface area contributed by atoms with Crippen molar-refractivity contribution >= 4 is 51.9 Å². The van der Waals surface area contributed by atoms with E-state index in [9.17, 15) is 9.59 Å². The molecule has 4 rings (SSSR count). The van der Waals surface area contributed by atoms with E-state index >= 15 is 0 Å². The maximum Gasteiger partial charge on any atom is 0.266 e. The molecule has 1 fully saturated rings. The van der Waals surface area contributed by atoms with Gasteiger partial charge in [0, 0.05) is 18.7 Å². The van der Waals surface area contributed by atoms with Crippen LogP contribution in [0, 0.1) is 0 Å². The smallest absolute Gasteiger partial charge is 0.266 e. The van der Waals surface area contributed by atoms with Crippen LogP contribution in [0.25, 0.3) is 17.2 Å². The van der Waals surface area contributed by atoms with Crippen molar-refractivity contribution in [1.82, 2.24) is 4.90 Å². The fourth-order valence-electron chi connectivity index (χ4n) is 3.36. The quantitative estimate of drug-likeness (QED) is 0.357. The molecule has 2 amide bonds. The zero-order valence-corrected chi connectivity index (χ0v) is 19.6. The summed E-state index contributed by atoms with van der Waals surface area (Å²) in [5.41, 5.74) is 3.85. The molecule has 3 aromatic carbocycles. The van der Waals surface area contributed by atoms with Crippen LogP contribution in [0.5, 0.6) is 5.75 Å². The average Bonchev–Trinajstić information content (AvgIpc) is 3.11. The molecule has 0 bridgehead atoms. The van der Waals surface area contributed by atoms with Gasteiger partial charge in [-0.1, -0.05) is 78.6 Å². The first kappa shape index (κ1) is 22.8. The molecule has 0 saturated carbocycles. The summed E-state index contributed by atoms with van der Waals surface area (Å²) in [6.45, 7) is 0.233. The molecule has 1 heterocycles. The van der Waals surface area contributed by atoms with Gasteiger partial charge in [-0.25, -0.2) is 0 Å². The number of nitrogens with zero attached hydrogens (tertiary/aromatic N) is 1. The van der Waals surface area contributed by atoms with Crippen molar-refractivity contribution in [3.63, 3.8) is 0 Å². The summed E-state index contributed by atoms with van der Waals surface area (Å²) in [6, 6.07) is 25.2. The lowest BCUT2D eigenvalue weighted by Crippen LogP contribution is -2.31. The topological polar surface area (TPSA) is 58.6 Å². The molecule has 7 heteroatoms. The Bertz CT molecular complexity index is 1190. The van der Waals surface area contributed by atoms with Crippen LogP contribution in [0.2, 0.25) is 0 Å². The van der Waals surface area contributed by atoms with E-state index in [0.717, 1.165) is 16.7 Å². The number of hydrogen-bond acceptors (Lipinski definition) is 5. The zero-order chi connectivity index (χ0) is 23.2. The number of ether oxygens (including phenoxy) is 1. The highest BCUT2D eigenvalue weighted by Gasteiger charge is 2.32. The third-order valence-corrected chi connectivity index (χ3v) is 6.50. The molecule has 1 aliphatic rings. The van der Waals surface area contributed by atoms with Crippen LogP contribution in [0.3, 0.4) is 0 Å². The molecule has 33 heavy (non-hydrogen) atoms. The number of methoxy groups -OCH3 is 1. The van der Waals surface area contributed by atoms with Crippen LogP contribution < -0.4 is 10.1 Å². The van der Waals surface area contributed by atoms with Crippen LogP contribution in [-0.4, -0.2) is 34.7 Å². The predicted molar refractivity (Wildman–Crippen MR) is 138 cm³/mol. The number of amides is 2. The van der Waals surface area contributed by atoms with Gasteiger partial charge >= 0.3 is 0 Å². The maximum absolute atomic E-state index is 12.9. The van der Waals surface area contributed by atoms with Gasteiger partial charge in [-0.05, 0) is 47.0 Å². The summed E-state index contributed by atoms with van der Waals surface area (Å²) in [7, 11) is 1.59. The summed E-state index contributed by atoms with van der Waals surface area (Å²) >= 11 is 6.65. The molecule has 3 aromatic rings. The predicted octanol–water partition coefficient (Wildman–Crippen LogP) is 5.59. The summed E-state index contributed by atoms with van der Waals surface area (Å²) in [5.74, 6) is 0.358. The molecular weight excluding hydrogens is 452 g/mol. The molecule has 166 valence electrons. The lowest BCUT2D eigenvalue weighted by atomic mass is 10.0. The first-order valence-corrected chi connectivity index (χ1v) is 11.6. The Kier molecular flexibility index (Phi) is 7.22. The standard InChI is InChI=1S/C26H22N2O3S2/c1-31-22-13-11-21(12-14-22)27-24(29)15-16-28-25(30)23(33-26(28)32)17-18-7-9-20(10-8-18)19-5-3-2-4-6-19/h2-14,17H,15-16H2,1H3,(H,27,29)/b23-17-. The summed E-state index contributed by atoms with van der Waals surface area (Å²) < 4.78 is 5.57. The van der Waals surface area contributed by atoms with E-state index in [2.05, 4.69) is 17.4 Å². The van der Waals surface area contributed by atoms with Crippen LogP contribution in [0.15, 0.2) is 83.8 Å². The van der Waals surface area contributed by atoms with Gasteiger partial charge in [-0.3, -0.25) is 14.5 Å². The summed E-state index contributed by atoms with van der Waals surface area (Å²) in [4.78, 5) is 27.2. The molecule has 0 radical (unpaired) electrons. The highest BCUT2D eigenvalue weighted by atomic mass is 32.2. The molecule has 1 aliphatic heterocycles. The van der Waals surface area contributed by atoms with Gasteiger partial charge in [0.2, 0.25) is 5.91 Å². The number of carbonyl (C=O) groups excluding carboxylic acids is 2. The minimum Gasteiger partial charge on any atom is -0.497 e. The molecule has 0 spiro atoms. The Morgan fingerprint density at radius 2 is 1.67 bits per heavy atom. The SMILES string of the molecule is COc1ccc(NC(=O)CCN2C(=O)/C(=C/c3ccc(-c4ccccc4)cc3)SC2=S)cc1. The maximum atomic E-state index is 12.9. The number of hydrogen-bond donors (Lipinski definition) is 1. The van der Waals surface area contributed by atoms with Gasteiger partial charge in [-0.2, -0.15) is 0 Å². The Hall–Kier alpha value is -3.42. The van der Waals surface area contributed by atoms with Crippen molar-refractivity contribution in [3.8, 4) is 16.9 Å². The van der Waals surface area contributed by atoms with Gasteiger partial charge < -0.3 is 10.1 Å². The minimum absolute atomic E-state index is 0.150. The summed E-state index contributed by atoms with van der Waals surface area (Å²) in [6.07, 6.45) is 1.99. The highest BCUT2D eigenvalue weighted by molar-refractivity contribution is 8.26. The molecule has 0 aromatic heterocycles. The lowest BCUT2D eigenvalue weighted by molar-refractivity contribution is -0.122. The van der Waals surface area contributed by atoms with E-state index in [4.69, 9.17) is 17.0 Å². The number of nitrogens with one attached hydrogen (secondary N) is 1. The molecule has 1 saturated heterocycles. The Labute approximate surface area is 202 Å². The minimum atomic E-state index is -0.185. The van der Waals surface area contributed by atoms with Gasteiger partial charge in [0.05, 0.1) is 12.0 Å². The Balaban J connectivity index is 1.35. The van der Waals surface area contributed by atoms with E-state index in [1.165, 1.54) is 16.7 Å². The van der Waals surface area contributed by atoms with Crippen LogP contribution in [0.4, 0.5) is 5.69 Å². The van der Waals surface area contributed by atoms with E-state index in [0.29, 0.717) is 20.7 Å². The first-order valence-electron chi connectivity index (χ1n) is 10.4. The van der Waals surface area contributed by atoms with Crippen LogP contribution in [-0.2, 0) is 9.59 Å². The zero-order valence-electron chi connectivity index (χ0n) is 18.0. The monoisotopic (exact) mass is 474 g/mol. The lowest BCUT2D eigenvalue weighted by Gasteiger charge is -2.14. The van der Waals surface area contributed by atoms with Crippen LogP contribution in [0.1, 0.15) is 12.0 Å². The Morgan fingerprint density at radius 3 is 2.33 bits per heavy atom. The van der Waals surface area contributed by atoms with Gasteiger partial charge in [0.25, 0.3) is 5.91 Å². The van der Waals surface area contributed by atoms with Crippen molar-refractivity contribution < 1.29 is 14.3 Å². The number of carbonyl (C=O) groups is 2. The van der Waals surface area contributed by atoms with Crippen molar-refractivity contribution in [1.29, 1.82) is 0 Å². The number of thioether (sulfide) groups is 1. The van der Waals surface area contributed by atoms with Crippen molar-refractivity contribution in [2.45, 2.75) is 6.42 Å². The fourth-order valence-corrected chi connectivity index (χ4v) is 4.67. The van der Waals surface area contributed by atoms with Gasteiger partial charge in [-0.15, -0.1) is 0 Å². The largest absolute Gasteiger partial charge is 0.497 e. The number of rotatable bonds is 7. The number of anilines is 1. The van der Waals surface area contributed by atoms with E-state index < -0.39 is 0 Å². The van der Waals surface area contributed by atoms with Crippen LogP contribution >= 0.6 is 24.0 Å². The van der Waals surface area contributed by atoms with Gasteiger partial charge in [0.1, 0.15) is 10.1 Å². The highest BCUT2D eigenvalue weighted by Crippen LogP contribution is 2.33. The fraction of sp³-hybridized carbons (Fsp3) is 0.115. The van der Waals surface area contributed by atoms with Gasteiger partial charge in [0.15, 0.2) is 0 Å². The van der Waals surface area contributed by atoms with Crippen molar-refractivity contribution in [3.05, 3.63) is 89.3 Å². The second-order valence-electron chi connectivity index (χ2n) is 7.35. The molecule has 0 atom stereocenters. The molecular formula is C26H22N2O3S2. The molecule has 0 unspecified atom stereocenters. The molecule has 1 N–H and O–H groups in total. The average molecular weight is 475 g/mol. The van der Waals surface area contributed by atoms with E-state index in [1.54, 1.807) is 31.4 Å².